The molecule has 66 valence electrons. The Morgan fingerprint density at radius 2 is 2.25 bits per heavy atom. The smallest absolute Gasteiger partial charge is 0.272 e. The highest BCUT2D eigenvalue weighted by Crippen LogP contribution is 2.12. The van der Waals surface area contributed by atoms with Gasteiger partial charge in [-0.1, -0.05) is 11.6 Å². The predicted octanol–water partition coefficient (Wildman–Crippen LogP) is 2.38. The summed E-state index contributed by atoms with van der Waals surface area (Å²) in [6, 6.07) is 2.96. The van der Waals surface area contributed by atoms with E-state index in [0.29, 0.717) is 10.9 Å². The molecule has 0 radical (unpaired) electrons. The molecule has 2 nitrogen and oxygen atoms in total. The highest BCUT2D eigenvalue weighted by molar-refractivity contribution is 6.29. The van der Waals surface area contributed by atoms with Gasteiger partial charge in [0.2, 0.25) is 0 Å². The maximum atomic E-state index is 11.6. The molecule has 0 bridgehead atoms. The van der Waals surface area contributed by atoms with E-state index in [1.165, 1.54) is 18.3 Å². The van der Waals surface area contributed by atoms with Crippen LogP contribution in [-0.4, -0.2) is 18.0 Å². The van der Waals surface area contributed by atoms with Gasteiger partial charge < -0.3 is 4.74 Å². The Morgan fingerprint density at radius 1 is 1.50 bits per heavy atom. The van der Waals surface area contributed by atoms with E-state index in [0.717, 1.165) is 0 Å². The second kappa shape index (κ2) is 4.21. The summed E-state index contributed by atoms with van der Waals surface area (Å²) in [6.07, 6.45) is -1.18. The summed E-state index contributed by atoms with van der Waals surface area (Å²) in [5, 5.41) is 0.305. The molecule has 0 atom stereocenters. The highest BCUT2D eigenvalue weighted by atomic mass is 35.5. The number of nitrogens with zero attached hydrogens (tertiary/aromatic N) is 1. The van der Waals surface area contributed by atoms with E-state index in [9.17, 15) is 8.78 Å². The number of aromatic nitrogens is 1. The van der Waals surface area contributed by atoms with Crippen molar-refractivity contribution in [2.75, 3.05) is 6.61 Å². The second-order valence-electron chi connectivity index (χ2n) is 2.02. The molecule has 0 aliphatic rings. The standard InChI is InChI=1S/C7H6ClF2NO/c8-6-2-1-5(3-11-6)12-4-7(9)10/h1-3,7H,4H2. The van der Waals surface area contributed by atoms with Crippen molar-refractivity contribution in [2.24, 2.45) is 0 Å². The van der Waals surface area contributed by atoms with E-state index in [1.54, 1.807) is 0 Å². The Labute approximate surface area is 73.1 Å². The number of rotatable bonds is 3. The maximum Gasteiger partial charge on any atom is 0.272 e. The van der Waals surface area contributed by atoms with E-state index in [-0.39, 0.29) is 0 Å². The number of hydrogen-bond donors (Lipinski definition) is 0. The van der Waals surface area contributed by atoms with Crippen LogP contribution in [0.15, 0.2) is 18.3 Å². The third-order valence-electron chi connectivity index (χ3n) is 1.08. The van der Waals surface area contributed by atoms with E-state index >= 15 is 0 Å². The molecule has 12 heavy (non-hydrogen) atoms. The minimum absolute atomic E-state index is 0.291. The Morgan fingerprint density at radius 3 is 2.75 bits per heavy atom. The number of ether oxygens (including phenoxy) is 1. The van der Waals surface area contributed by atoms with Gasteiger partial charge in [-0.2, -0.15) is 0 Å². The zero-order chi connectivity index (χ0) is 8.97. The molecule has 0 N–H and O–H groups in total. The molecule has 0 unspecified atom stereocenters. The van der Waals surface area contributed by atoms with Gasteiger partial charge in [0.1, 0.15) is 17.5 Å². The first-order valence-electron chi connectivity index (χ1n) is 3.21. The van der Waals surface area contributed by atoms with Gasteiger partial charge in [0, 0.05) is 0 Å². The minimum Gasteiger partial charge on any atom is -0.486 e. The molecule has 1 heterocycles. The molecule has 0 amide bonds. The van der Waals surface area contributed by atoms with Crippen molar-refractivity contribution in [1.29, 1.82) is 0 Å². The van der Waals surface area contributed by atoms with Crippen LogP contribution >= 0.6 is 11.6 Å². The normalized spacial score (nSPS) is 10.3. The average molecular weight is 194 g/mol. The monoisotopic (exact) mass is 193 g/mol. The SMILES string of the molecule is FC(F)COc1ccc(Cl)nc1. The molecule has 0 aliphatic heterocycles. The summed E-state index contributed by atoms with van der Waals surface area (Å²) in [4.78, 5) is 3.65. The lowest BCUT2D eigenvalue weighted by Crippen LogP contribution is -2.06. The molecular weight excluding hydrogens is 188 g/mol. The van der Waals surface area contributed by atoms with Gasteiger partial charge in [0.05, 0.1) is 6.20 Å². The van der Waals surface area contributed by atoms with Gasteiger partial charge in [-0.05, 0) is 12.1 Å². The van der Waals surface area contributed by atoms with Crippen molar-refractivity contribution < 1.29 is 13.5 Å². The van der Waals surface area contributed by atoms with Crippen LogP contribution in [0.5, 0.6) is 5.75 Å². The van der Waals surface area contributed by atoms with Crippen LogP contribution in [0, 0.1) is 0 Å². The van der Waals surface area contributed by atoms with Crippen LogP contribution in [0.1, 0.15) is 0 Å². The second-order valence-corrected chi connectivity index (χ2v) is 2.41. The van der Waals surface area contributed by atoms with Gasteiger partial charge in [-0.15, -0.1) is 0 Å². The van der Waals surface area contributed by atoms with Gasteiger partial charge in [0.15, 0.2) is 0 Å². The van der Waals surface area contributed by atoms with Crippen molar-refractivity contribution in [3.05, 3.63) is 23.5 Å². The third-order valence-corrected chi connectivity index (χ3v) is 1.30. The Balaban J connectivity index is 2.48. The third kappa shape index (κ3) is 3.00. The molecule has 0 aliphatic carbocycles. The van der Waals surface area contributed by atoms with Crippen molar-refractivity contribution >= 4 is 11.6 Å². The Hall–Kier alpha value is -0.900. The fraction of sp³-hybridized carbons (Fsp3) is 0.286. The summed E-state index contributed by atoms with van der Waals surface area (Å²) in [5.74, 6) is 0.291. The van der Waals surface area contributed by atoms with Crippen LogP contribution in [-0.2, 0) is 0 Å². The highest BCUT2D eigenvalue weighted by Gasteiger charge is 2.02. The van der Waals surface area contributed by atoms with E-state index in [1.807, 2.05) is 0 Å². The molecule has 1 rings (SSSR count). The summed E-state index contributed by atoms with van der Waals surface area (Å²) in [6.45, 7) is -0.622. The van der Waals surface area contributed by atoms with E-state index in [2.05, 4.69) is 9.72 Å². The largest absolute Gasteiger partial charge is 0.486 e. The number of pyridine rings is 1. The summed E-state index contributed by atoms with van der Waals surface area (Å²) in [5.41, 5.74) is 0. The first-order valence-corrected chi connectivity index (χ1v) is 3.59. The Kier molecular flexibility index (Phi) is 3.22. The first-order chi connectivity index (χ1) is 5.68. The fourth-order valence-corrected chi connectivity index (χ4v) is 0.719. The van der Waals surface area contributed by atoms with Gasteiger partial charge >= 0.3 is 0 Å². The molecule has 0 saturated carbocycles. The zero-order valence-electron chi connectivity index (χ0n) is 6.01. The van der Waals surface area contributed by atoms with E-state index in [4.69, 9.17) is 11.6 Å². The predicted molar refractivity (Wildman–Crippen MR) is 40.7 cm³/mol. The maximum absolute atomic E-state index is 11.6. The lowest BCUT2D eigenvalue weighted by Gasteiger charge is -2.03. The minimum atomic E-state index is -2.47. The zero-order valence-corrected chi connectivity index (χ0v) is 6.76. The van der Waals surface area contributed by atoms with Gasteiger partial charge in [-0.25, -0.2) is 13.8 Å². The van der Waals surface area contributed by atoms with Crippen LogP contribution < -0.4 is 4.74 Å². The average Bonchev–Trinajstić information content (AvgIpc) is 2.03. The molecular formula is C7H6ClF2NO. The van der Waals surface area contributed by atoms with Crippen LogP contribution in [0.25, 0.3) is 0 Å². The van der Waals surface area contributed by atoms with Gasteiger partial charge in [0.25, 0.3) is 6.43 Å². The fourth-order valence-electron chi connectivity index (χ4n) is 0.607. The first kappa shape index (κ1) is 9.19. The molecule has 0 aromatic carbocycles. The summed E-state index contributed by atoms with van der Waals surface area (Å²) < 4.78 is 27.9. The molecule has 1 aromatic heterocycles. The summed E-state index contributed by atoms with van der Waals surface area (Å²) in [7, 11) is 0. The van der Waals surface area contributed by atoms with Crippen molar-refractivity contribution in [3.63, 3.8) is 0 Å². The van der Waals surface area contributed by atoms with Crippen LogP contribution in [0.2, 0.25) is 5.15 Å². The van der Waals surface area contributed by atoms with Crippen molar-refractivity contribution in [2.45, 2.75) is 6.43 Å². The van der Waals surface area contributed by atoms with Crippen molar-refractivity contribution in [1.82, 2.24) is 4.98 Å². The number of halogens is 3. The molecule has 1 aromatic rings. The topological polar surface area (TPSA) is 22.1 Å². The molecule has 0 fully saturated rings. The molecule has 0 saturated heterocycles. The number of hydrogen-bond acceptors (Lipinski definition) is 2. The summed E-state index contributed by atoms with van der Waals surface area (Å²) >= 11 is 5.46. The van der Waals surface area contributed by atoms with Gasteiger partial charge in [-0.3, -0.25) is 0 Å². The van der Waals surface area contributed by atoms with E-state index < -0.39 is 13.0 Å². The van der Waals surface area contributed by atoms with Crippen LogP contribution in [0.4, 0.5) is 8.78 Å². The number of alkyl halides is 2. The van der Waals surface area contributed by atoms with Crippen molar-refractivity contribution in [3.8, 4) is 5.75 Å². The quantitative estimate of drug-likeness (QED) is 0.688. The van der Waals surface area contributed by atoms with Crippen LogP contribution in [0.3, 0.4) is 0 Å². The lowest BCUT2D eigenvalue weighted by molar-refractivity contribution is 0.0817. The lowest BCUT2D eigenvalue weighted by atomic mass is 10.5. The molecule has 5 heteroatoms. The Bertz CT molecular complexity index is 240. The molecule has 0 spiro atoms.